The van der Waals surface area contributed by atoms with Crippen LogP contribution in [0.15, 0.2) is 169 Å². The Morgan fingerprint density at radius 1 is 0.560 bits per heavy atom. The summed E-state index contributed by atoms with van der Waals surface area (Å²) in [6.45, 7) is 0. The Morgan fingerprint density at radius 2 is 1.32 bits per heavy atom. The van der Waals surface area contributed by atoms with Crippen molar-refractivity contribution in [3.05, 3.63) is 197 Å². The number of nitrogens with zero attached hydrogens (tertiary/aromatic N) is 2. The SMILES string of the molecule is C1=CC2c3cc4c5ccccc5n(-c5ccc(C6NC(c7ccc8cc7-8)=NC(c7ccccc7)N6)cc5)c4cc3[C@@H](c3ccccc3)C2C=C1. The number of fused-ring (bicyclic) bond motifs is 7. The number of benzene rings is 6. The van der Waals surface area contributed by atoms with Gasteiger partial charge in [0.1, 0.15) is 18.2 Å². The molecule has 5 aliphatic rings. The van der Waals surface area contributed by atoms with Crippen molar-refractivity contribution >= 4 is 27.6 Å². The van der Waals surface area contributed by atoms with Gasteiger partial charge in [0.25, 0.3) is 0 Å². The van der Waals surface area contributed by atoms with Gasteiger partial charge in [0.15, 0.2) is 0 Å². The van der Waals surface area contributed by atoms with Gasteiger partial charge in [0.2, 0.25) is 0 Å². The van der Waals surface area contributed by atoms with Gasteiger partial charge in [-0.05, 0) is 81.3 Å². The lowest BCUT2D eigenvalue weighted by Crippen LogP contribution is -2.44. The molecule has 2 heterocycles. The van der Waals surface area contributed by atoms with Crippen LogP contribution in [-0.2, 0) is 0 Å². The fourth-order valence-electron chi connectivity index (χ4n) is 8.86. The van der Waals surface area contributed by atoms with Gasteiger partial charge in [-0.1, -0.05) is 127 Å². The summed E-state index contributed by atoms with van der Waals surface area (Å²) >= 11 is 0. The maximum absolute atomic E-state index is 5.14. The predicted molar refractivity (Wildman–Crippen MR) is 204 cm³/mol. The number of nitrogens with one attached hydrogen (secondary N) is 2. The standard InChI is InChI=1S/C46H34N4/c1-3-11-28(12-4-1)43-35-17-8-7-15-33(35)38-26-39-34-16-9-10-18-41(34)50(42(39)27-40(38)43)32-22-19-30(20-23-32)45-47-44(29-13-5-2-6-14-29)48-46(49-45)36-24-21-31-25-37(31)36/h1-27,33,35,43-45,47H,(H,48,49)/t33?,35?,43-,44?,45?/m0/s1. The van der Waals surface area contributed by atoms with Gasteiger partial charge >= 0.3 is 0 Å². The Bertz CT molecular complexity index is 2560. The molecular formula is C46H34N4. The number of aromatic nitrogens is 1. The lowest BCUT2D eigenvalue weighted by molar-refractivity contribution is 0.409. The molecule has 6 aromatic rings. The quantitative estimate of drug-likeness (QED) is 0.196. The van der Waals surface area contributed by atoms with Gasteiger partial charge in [-0.2, -0.15) is 0 Å². The minimum Gasteiger partial charge on any atom is -0.350 e. The summed E-state index contributed by atoms with van der Waals surface area (Å²) in [5, 5.41) is 10.1. The lowest BCUT2D eigenvalue weighted by Gasteiger charge is -2.32. The fourth-order valence-corrected chi connectivity index (χ4v) is 8.86. The second-order valence-corrected chi connectivity index (χ2v) is 14.0. The summed E-state index contributed by atoms with van der Waals surface area (Å²) in [5.41, 5.74) is 14.1. The molecule has 0 bridgehead atoms. The van der Waals surface area contributed by atoms with Gasteiger partial charge in [-0.3, -0.25) is 5.32 Å². The van der Waals surface area contributed by atoms with E-state index >= 15 is 0 Å². The van der Waals surface area contributed by atoms with E-state index in [4.69, 9.17) is 4.99 Å². The monoisotopic (exact) mass is 642 g/mol. The highest BCUT2D eigenvalue weighted by molar-refractivity contribution is 6.11. The van der Waals surface area contributed by atoms with E-state index in [9.17, 15) is 0 Å². The molecule has 1 aromatic heterocycles. The van der Waals surface area contributed by atoms with Crippen molar-refractivity contribution < 1.29 is 0 Å². The van der Waals surface area contributed by atoms with E-state index in [0.29, 0.717) is 17.8 Å². The fraction of sp³-hybridized carbons (Fsp3) is 0.109. The lowest BCUT2D eigenvalue weighted by atomic mass is 9.80. The molecule has 4 heteroatoms. The van der Waals surface area contributed by atoms with Crippen LogP contribution in [0.5, 0.6) is 0 Å². The summed E-state index contributed by atoms with van der Waals surface area (Å²) in [5.74, 6) is 2.06. The summed E-state index contributed by atoms with van der Waals surface area (Å²) in [6, 6.07) is 51.1. The number of aliphatic imine (C=N–C) groups is 1. The number of amidine groups is 1. The van der Waals surface area contributed by atoms with E-state index in [-0.39, 0.29) is 12.3 Å². The molecule has 0 saturated heterocycles. The molecule has 5 atom stereocenters. The summed E-state index contributed by atoms with van der Waals surface area (Å²) in [6.07, 6.45) is 9.04. The Hall–Kier alpha value is -5.97. The Morgan fingerprint density at radius 3 is 2.10 bits per heavy atom. The molecule has 0 spiro atoms. The average Bonchev–Trinajstić information content (AvgIpc) is 3.55. The molecule has 4 unspecified atom stereocenters. The minimum atomic E-state index is -0.146. The van der Waals surface area contributed by atoms with Crippen LogP contribution in [-0.4, -0.2) is 10.4 Å². The molecule has 11 rings (SSSR count). The first kappa shape index (κ1) is 27.9. The van der Waals surface area contributed by atoms with Crippen LogP contribution in [0.4, 0.5) is 0 Å². The van der Waals surface area contributed by atoms with Gasteiger partial charge in [0, 0.05) is 33.9 Å². The Kier molecular flexibility index (Phi) is 6.01. The topological polar surface area (TPSA) is 41.4 Å². The third kappa shape index (κ3) is 4.25. The molecule has 0 amide bonds. The van der Waals surface area contributed by atoms with Crippen LogP contribution in [0.25, 0.3) is 38.6 Å². The maximum atomic E-state index is 5.14. The van der Waals surface area contributed by atoms with Crippen LogP contribution in [0.3, 0.4) is 0 Å². The molecule has 50 heavy (non-hydrogen) atoms. The number of hydrogen-bond donors (Lipinski definition) is 2. The zero-order valence-corrected chi connectivity index (χ0v) is 27.4. The Labute approximate surface area is 291 Å². The predicted octanol–water partition coefficient (Wildman–Crippen LogP) is 10.1. The van der Waals surface area contributed by atoms with E-state index < -0.39 is 0 Å². The van der Waals surface area contributed by atoms with Crippen LogP contribution in [0.1, 0.15) is 57.5 Å². The van der Waals surface area contributed by atoms with Crippen LogP contribution in [0.2, 0.25) is 0 Å². The summed E-state index contributed by atoms with van der Waals surface area (Å²) < 4.78 is 2.46. The third-order valence-electron chi connectivity index (χ3n) is 11.3. The summed E-state index contributed by atoms with van der Waals surface area (Å²) in [7, 11) is 0. The highest BCUT2D eigenvalue weighted by Crippen LogP contribution is 2.54. The van der Waals surface area contributed by atoms with Gasteiger partial charge in [-0.15, -0.1) is 0 Å². The normalized spacial score (nSPS) is 22.6. The van der Waals surface area contributed by atoms with Crippen molar-refractivity contribution in [2.24, 2.45) is 10.9 Å². The Balaban J connectivity index is 1.01. The van der Waals surface area contributed by atoms with Crippen molar-refractivity contribution in [1.29, 1.82) is 0 Å². The summed E-state index contributed by atoms with van der Waals surface area (Å²) in [4.78, 5) is 5.14. The molecule has 4 aliphatic carbocycles. The smallest absolute Gasteiger partial charge is 0.132 e. The minimum absolute atomic E-state index is 0.0939. The largest absolute Gasteiger partial charge is 0.350 e. The van der Waals surface area contributed by atoms with E-state index in [0.717, 1.165) is 17.1 Å². The molecule has 0 saturated carbocycles. The van der Waals surface area contributed by atoms with E-state index in [1.807, 2.05) is 0 Å². The third-order valence-corrected chi connectivity index (χ3v) is 11.3. The molecule has 0 fully saturated rings. The number of para-hydroxylation sites is 1. The number of rotatable bonds is 5. The van der Waals surface area contributed by atoms with E-state index in [1.165, 1.54) is 60.8 Å². The molecular weight excluding hydrogens is 609 g/mol. The first-order valence-corrected chi connectivity index (χ1v) is 17.7. The van der Waals surface area contributed by atoms with Gasteiger partial charge in [0.05, 0.1) is 11.0 Å². The van der Waals surface area contributed by atoms with Crippen LogP contribution in [0, 0.1) is 5.92 Å². The van der Waals surface area contributed by atoms with Crippen molar-refractivity contribution in [2.45, 2.75) is 24.2 Å². The van der Waals surface area contributed by atoms with Gasteiger partial charge < -0.3 is 9.88 Å². The second kappa shape index (κ2) is 10.8. The van der Waals surface area contributed by atoms with Crippen molar-refractivity contribution in [1.82, 2.24) is 15.2 Å². The second-order valence-electron chi connectivity index (χ2n) is 14.0. The molecule has 5 aromatic carbocycles. The number of hydrogen-bond acceptors (Lipinski definition) is 3. The van der Waals surface area contributed by atoms with Crippen LogP contribution >= 0.6 is 0 Å². The average molecular weight is 643 g/mol. The van der Waals surface area contributed by atoms with E-state index in [2.05, 4.69) is 179 Å². The zero-order valence-electron chi connectivity index (χ0n) is 27.4. The maximum Gasteiger partial charge on any atom is 0.132 e. The molecule has 4 nitrogen and oxygen atoms in total. The van der Waals surface area contributed by atoms with Gasteiger partial charge in [-0.25, -0.2) is 4.99 Å². The van der Waals surface area contributed by atoms with E-state index in [1.54, 1.807) is 0 Å². The van der Waals surface area contributed by atoms with Crippen LogP contribution < -0.4 is 10.6 Å². The van der Waals surface area contributed by atoms with Crippen molar-refractivity contribution in [3.8, 4) is 16.8 Å². The highest BCUT2D eigenvalue weighted by atomic mass is 15.3. The number of allylic oxidation sites excluding steroid dienone is 4. The molecule has 0 radical (unpaired) electrons. The zero-order chi connectivity index (χ0) is 32.8. The van der Waals surface area contributed by atoms with Crippen molar-refractivity contribution in [2.75, 3.05) is 0 Å². The molecule has 238 valence electrons. The van der Waals surface area contributed by atoms with Crippen molar-refractivity contribution in [3.63, 3.8) is 0 Å². The molecule has 1 aliphatic heterocycles. The first-order valence-electron chi connectivity index (χ1n) is 17.7. The first-order chi connectivity index (χ1) is 24.8. The highest BCUT2D eigenvalue weighted by Gasteiger charge is 2.40. The molecule has 2 N–H and O–H groups in total.